The maximum Gasteiger partial charge on any atom is 0.257 e. The zero-order valence-electron chi connectivity index (χ0n) is 16.0. The molecule has 0 radical (unpaired) electrons. The average Bonchev–Trinajstić information content (AvgIpc) is 2.61. The van der Waals surface area contributed by atoms with Crippen molar-refractivity contribution in [3.8, 4) is 11.5 Å². The van der Waals surface area contributed by atoms with Gasteiger partial charge in [-0.3, -0.25) is 9.59 Å². The summed E-state index contributed by atoms with van der Waals surface area (Å²) in [4.78, 5) is 24.2. The van der Waals surface area contributed by atoms with Gasteiger partial charge in [0.1, 0.15) is 17.1 Å². The van der Waals surface area contributed by atoms with Crippen molar-refractivity contribution in [3.05, 3.63) is 59.2 Å². The summed E-state index contributed by atoms with van der Waals surface area (Å²) in [6.45, 7) is 6.28. The van der Waals surface area contributed by atoms with E-state index in [2.05, 4.69) is 29.6 Å². The second kappa shape index (κ2) is 7.82. The van der Waals surface area contributed by atoms with E-state index < -0.39 is 5.60 Å². The van der Waals surface area contributed by atoms with Crippen molar-refractivity contribution in [2.75, 3.05) is 13.2 Å². The number of carbonyl (C=O) groups excluding carboxylic acids is 2. The summed E-state index contributed by atoms with van der Waals surface area (Å²) >= 11 is 0. The van der Waals surface area contributed by atoms with Crippen molar-refractivity contribution in [2.24, 2.45) is 0 Å². The van der Waals surface area contributed by atoms with Gasteiger partial charge in [-0.15, -0.1) is 0 Å². The van der Waals surface area contributed by atoms with Gasteiger partial charge >= 0.3 is 0 Å². The van der Waals surface area contributed by atoms with Gasteiger partial charge < -0.3 is 14.8 Å². The fourth-order valence-corrected chi connectivity index (χ4v) is 3.02. The lowest BCUT2D eigenvalue weighted by Gasteiger charge is -2.31. The second-order valence-corrected chi connectivity index (χ2v) is 7.49. The number of Topliss-reactive ketones (excluding diaryl/α,β-unsaturated/α-hetero) is 1. The Hall–Kier alpha value is -2.82. The molecule has 5 nitrogen and oxygen atoms in total. The molecule has 0 aliphatic carbocycles. The molecule has 27 heavy (non-hydrogen) atoms. The summed E-state index contributed by atoms with van der Waals surface area (Å²) in [6.07, 6.45) is 1.09. The quantitative estimate of drug-likeness (QED) is 0.849. The monoisotopic (exact) mass is 367 g/mol. The third-order valence-electron chi connectivity index (χ3n) is 4.45. The van der Waals surface area contributed by atoms with Crippen LogP contribution in [0.15, 0.2) is 42.5 Å². The van der Waals surface area contributed by atoms with Crippen LogP contribution in [-0.2, 0) is 11.2 Å². The molecule has 1 aliphatic rings. The standard InChI is InChI=1S/C22H25NO4/c1-15-4-6-16(7-5-15)10-11-23-21(25)14-26-17-8-9-20-18(12-17)19(24)13-22(2,3)27-20/h4-9,12H,10-11,13-14H2,1-3H3,(H,23,25). The van der Waals surface area contributed by atoms with E-state index in [0.29, 0.717) is 30.0 Å². The molecule has 1 amide bonds. The molecule has 0 aromatic heterocycles. The van der Waals surface area contributed by atoms with Gasteiger partial charge in [-0.25, -0.2) is 0 Å². The highest BCUT2D eigenvalue weighted by atomic mass is 16.5. The van der Waals surface area contributed by atoms with Crippen molar-refractivity contribution in [2.45, 2.75) is 39.2 Å². The predicted octanol–water partition coefficient (Wildman–Crippen LogP) is 3.48. The molecule has 0 unspecified atom stereocenters. The topological polar surface area (TPSA) is 64.6 Å². The summed E-state index contributed by atoms with van der Waals surface area (Å²) in [7, 11) is 0. The number of amides is 1. The predicted molar refractivity (Wildman–Crippen MR) is 103 cm³/mol. The highest BCUT2D eigenvalue weighted by molar-refractivity contribution is 6.00. The van der Waals surface area contributed by atoms with Crippen LogP contribution >= 0.6 is 0 Å². The van der Waals surface area contributed by atoms with E-state index in [1.54, 1.807) is 18.2 Å². The molecule has 5 heteroatoms. The summed E-state index contributed by atoms with van der Waals surface area (Å²) in [5.74, 6) is 0.878. The Morgan fingerprint density at radius 2 is 1.93 bits per heavy atom. The number of nitrogens with one attached hydrogen (secondary N) is 1. The maximum atomic E-state index is 12.3. The molecule has 142 valence electrons. The lowest BCUT2D eigenvalue weighted by Crippen LogP contribution is -2.35. The number of fused-ring (bicyclic) bond motifs is 1. The third kappa shape index (κ3) is 5.09. The van der Waals surface area contributed by atoms with Crippen molar-refractivity contribution >= 4 is 11.7 Å². The van der Waals surface area contributed by atoms with Crippen LogP contribution < -0.4 is 14.8 Å². The number of hydrogen-bond donors (Lipinski definition) is 1. The molecule has 0 fully saturated rings. The summed E-state index contributed by atoms with van der Waals surface area (Å²) in [5, 5.41) is 2.84. The van der Waals surface area contributed by atoms with Crippen LogP contribution in [0, 0.1) is 6.92 Å². The molecule has 0 bridgehead atoms. The van der Waals surface area contributed by atoms with Crippen LogP contribution in [-0.4, -0.2) is 30.4 Å². The number of carbonyl (C=O) groups is 2. The van der Waals surface area contributed by atoms with Gasteiger partial charge in [0.2, 0.25) is 0 Å². The maximum absolute atomic E-state index is 12.3. The normalized spacial score (nSPS) is 14.9. The van der Waals surface area contributed by atoms with Gasteiger partial charge in [0.15, 0.2) is 12.4 Å². The third-order valence-corrected chi connectivity index (χ3v) is 4.45. The van der Waals surface area contributed by atoms with Crippen LogP contribution in [0.1, 0.15) is 41.8 Å². The van der Waals surface area contributed by atoms with Gasteiger partial charge in [-0.1, -0.05) is 29.8 Å². The van der Waals surface area contributed by atoms with Gasteiger partial charge in [-0.05, 0) is 51.0 Å². The van der Waals surface area contributed by atoms with E-state index in [1.165, 1.54) is 11.1 Å². The Kier molecular flexibility index (Phi) is 5.49. The van der Waals surface area contributed by atoms with Crippen LogP contribution in [0.5, 0.6) is 11.5 Å². The van der Waals surface area contributed by atoms with Crippen LogP contribution in [0.4, 0.5) is 0 Å². The van der Waals surface area contributed by atoms with E-state index >= 15 is 0 Å². The van der Waals surface area contributed by atoms with E-state index in [1.807, 2.05) is 20.8 Å². The van der Waals surface area contributed by atoms with E-state index in [-0.39, 0.29) is 18.3 Å². The smallest absolute Gasteiger partial charge is 0.257 e. The lowest BCUT2D eigenvalue weighted by atomic mass is 9.93. The fraction of sp³-hybridized carbons (Fsp3) is 0.364. The minimum absolute atomic E-state index is 0.0225. The SMILES string of the molecule is Cc1ccc(CCNC(=O)COc2ccc3c(c2)C(=O)CC(C)(C)O3)cc1. The van der Waals surface area contributed by atoms with Gasteiger partial charge in [-0.2, -0.15) is 0 Å². The minimum atomic E-state index is -0.496. The van der Waals surface area contributed by atoms with Crippen molar-refractivity contribution in [3.63, 3.8) is 0 Å². The number of rotatable bonds is 6. The summed E-state index contributed by atoms with van der Waals surface area (Å²) in [5.41, 5.74) is 2.40. The van der Waals surface area contributed by atoms with Crippen molar-refractivity contribution in [1.29, 1.82) is 0 Å². The molecule has 1 heterocycles. The highest BCUT2D eigenvalue weighted by Crippen LogP contribution is 2.35. The Morgan fingerprint density at radius 1 is 1.19 bits per heavy atom. The van der Waals surface area contributed by atoms with Crippen LogP contribution in [0.2, 0.25) is 0 Å². The number of ketones is 1. The van der Waals surface area contributed by atoms with Crippen LogP contribution in [0.25, 0.3) is 0 Å². The molecule has 0 saturated carbocycles. The Morgan fingerprint density at radius 3 is 2.67 bits per heavy atom. The van der Waals surface area contributed by atoms with Gasteiger partial charge in [0.05, 0.1) is 12.0 Å². The molecule has 1 N–H and O–H groups in total. The first-order valence-corrected chi connectivity index (χ1v) is 9.14. The van der Waals surface area contributed by atoms with Crippen molar-refractivity contribution < 1.29 is 19.1 Å². The Labute approximate surface area is 159 Å². The fourth-order valence-electron chi connectivity index (χ4n) is 3.02. The van der Waals surface area contributed by atoms with Crippen molar-refractivity contribution in [1.82, 2.24) is 5.32 Å². The number of benzene rings is 2. The van der Waals surface area contributed by atoms with E-state index in [0.717, 1.165) is 6.42 Å². The molecule has 1 aliphatic heterocycles. The first-order chi connectivity index (χ1) is 12.8. The second-order valence-electron chi connectivity index (χ2n) is 7.49. The lowest BCUT2D eigenvalue weighted by molar-refractivity contribution is -0.123. The molecule has 0 atom stereocenters. The first kappa shape index (κ1) is 19.0. The molecule has 2 aromatic rings. The molecular weight excluding hydrogens is 342 g/mol. The largest absolute Gasteiger partial charge is 0.487 e. The molecular formula is C22H25NO4. The van der Waals surface area contributed by atoms with Gasteiger partial charge in [0.25, 0.3) is 5.91 Å². The number of ether oxygens (including phenoxy) is 2. The zero-order valence-corrected chi connectivity index (χ0v) is 16.0. The Balaban J connectivity index is 1.48. The first-order valence-electron chi connectivity index (χ1n) is 9.14. The molecule has 3 rings (SSSR count). The van der Waals surface area contributed by atoms with Gasteiger partial charge in [0, 0.05) is 6.54 Å². The molecule has 0 saturated heterocycles. The zero-order chi connectivity index (χ0) is 19.4. The minimum Gasteiger partial charge on any atom is -0.487 e. The summed E-state index contributed by atoms with van der Waals surface area (Å²) in [6, 6.07) is 13.3. The van der Waals surface area contributed by atoms with Crippen LogP contribution in [0.3, 0.4) is 0 Å². The molecule has 2 aromatic carbocycles. The highest BCUT2D eigenvalue weighted by Gasteiger charge is 2.32. The average molecular weight is 367 g/mol. The molecule has 0 spiro atoms. The van der Waals surface area contributed by atoms with E-state index in [4.69, 9.17) is 9.47 Å². The summed E-state index contributed by atoms with van der Waals surface area (Å²) < 4.78 is 11.3. The number of aryl methyl sites for hydroxylation is 1. The van der Waals surface area contributed by atoms with E-state index in [9.17, 15) is 9.59 Å². The Bertz CT molecular complexity index is 840. The number of hydrogen-bond acceptors (Lipinski definition) is 4.